The van der Waals surface area contributed by atoms with Crippen LogP contribution in [0.5, 0.6) is 0 Å². The van der Waals surface area contributed by atoms with Crippen molar-refractivity contribution in [3.63, 3.8) is 0 Å². The summed E-state index contributed by atoms with van der Waals surface area (Å²) in [5, 5.41) is 5.89. The predicted molar refractivity (Wildman–Crippen MR) is 59.4 cm³/mol. The maximum atomic E-state index is 5.77. The molecule has 1 heterocycles. The highest BCUT2D eigenvalue weighted by Gasteiger charge is 2.07. The zero-order valence-electron chi connectivity index (χ0n) is 7.71. The molecule has 1 aromatic rings. The minimum atomic E-state index is 0.654. The summed E-state index contributed by atoms with van der Waals surface area (Å²) in [6.07, 6.45) is 5.99. The number of halogens is 2. The second-order valence-corrected chi connectivity index (χ2v) is 4.27. The molecule has 0 aromatic carbocycles. The van der Waals surface area contributed by atoms with E-state index in [1.54, 1.807) is 6.20 Å². The van der Waals surface area contributed by atoms with Crippen LogP contribution in [0, 0.1) is 5.92 Å². The molecule has 0 spiro atoms. The third-order valence-electron chi connectivity index (χ3n) is 1.96. The average molecular weight is 266 g/mol. The van der Waals surface area contributed by atoms with Gasteiger partial charge in [0, 0.05) is 18.1 Å². The minimum absolute atomic E-state index is 0.654. The Morgan fingerprint density at radius 1 is 1.69 bits per heavy atom. The Kier molecular flexibility index (Phi) is 4.81. The van der Waals surface area contributed by atoms with Crippen LogP contribution in [0.2, 0.25) is 5.02 Å². The van der Waals surface area contributed by atoms with E-state index in [1.165, 1.54) is 12.8 Å². The summed E-state index contributed by atoms with van der Waals surface area (Å²) in [6, 6.07) is 0. The number of hydrogen-bond donors (Lipinski definition) is 0. The summed E-state index contributed by atoms with van der Waals surface area (Å²) in [6.45, 7) is 3.15. The number of rotatable bonds is 5. The van der Waals surface area contributed by atoms with Gasteiger partial charge in [-0.1, -0.05) is 40.9 Å². The molecule has 0 aliphatic heterocycles. The maximum absolute atomic E-state index is 5.77. The van der Waals surface area contributed by atoms with Crippen LogP contribution in [0.4, 0.5) is 0 Å². The first-order chi connectivity index (χ1) is 6.26. The van der Waals surface area contributed by atoms with E-state index in [0.29, 0.717) is 10.9 Å². The van der Waals surface area contributed by atoms with Gasteiger partial charge in [0.1, 0.15) is 0 Å². The van der Waals surface area contributed by atoms with Gasteiger partial charge in [-0.25, -0.2) is 0 Å². The van der Waals surface area contributed by atoms with Crippen LogP contribution in [-0.2, 0) is 6.54 Å². The smallest absolute Gasteiger partial charge is 0.0785 e. The standard InChI is InChI=1S/C9H14BrClN2/c1-2-3-8(4-10)6-13-7-9(11)5-12-13/h5,7-8H,2-4,6H2,1H3. The zero-order valence-corrected chi connectivity index (χ0v) is 10.1. The van der Waals surface area contributed by atoms with Crippen LogP contribution in [0.3, 0.4) is 0 Å². The van der Waals surface area contributed by atoms with Crippen molar-refractivity contribution >= 4 is 27.5 Å². The molecule has 1 unspecified atom stereocenters. The lowest BCUT2D eigenvalue weighted by Crippen LogP contribution is -2.12. The van der Waals surface area contributed by atoms with Crippen molar-refractivity contribution in [2.75, 3.05) is 5.33 Å². The highest BCUT2D eigenvalue weighted by molar-refractivity contribution is 9.09. The Hall–Kier alpha value is -0.0200. The normalized spacial score (nSPS) is 13.2. The van der Waals surface area contributed by atoms with E-state index in [2.05, 4.69) is 28.0 Å². The Morgan fingerprint density at radius 3 is 2.92 bits per heavy atom. The fourth-order valence-corrected chi connectivity index (χ4v) is 2.01. The van der Waals surface area contributed by atoms with Crippen LogP contribution < -0.4 is 0 Å². The second kappa shape index (κ2) is 5.66. The molecule has 13 heavy (non-hydrogen) atoms. The molecule has 1 aromatic heterocycles. The van der Waals surface area contributed by atoms with E-state index in [1.807, 2.05) is 10.9 Å². The monoisotopic (exact) mass is 264 g/mol. The molecule has 0 aliphatic carbocycles. The van der Waals surface area contributed by atoms with Crippen LogP contribution >= 0.6 is 27.5 Å². The van der Waals surface area contributed by atoms with E-state index in [-0.39, 0.29) is 0 Å². The van der Waals surface area contributed by atoms with Crippen LogP contribution in [0.1, 0.15) is 19.8 Å². The molecule has 74 valence electrons. The largest absolute Gasteiger partial charge is 0.271 e. The molecular formula is C9H14BrClN2. The quantitative estimate of drug-likeness (QED) is 0.747. The molecule has 2 nitrogen and oxygen atoms in total. The lowest BCUT2D eigenvalue weighted by molar-refractivity contribution is 0.429. The molecule has 4 heteroatoms. The number of aromatic nitrogens is 2. The van der Waals surface area contributed by atoms with E-state index in [9.17, 15) is 0 Å². The van der Waals surface area contributed by atoms with Gasteiger partial charge in [0.2, 0.25) is 0 Å². The Morgan fingerprint density at radius 2 is 2.46 bits per heavy atom. The molecule has 0 saturated carbocycles. The molecule has 0 radical (unpaired) electrons. The van der Waals surface area contributed by atoms with E-state index >= 15 is 0 Å². The highest BCUT2D eigenvalue weighted by Crippen LogP contribution is 2.13. The minimum Gasteiger partial charge on any atom is -0.271 e. The number of hydrogen-bond acceptors (Lipinski definition) is 1. The molecule has 1 atom stereocenters. The molecule has 0 N–H and O–H groups in total. The molecule has 0 fully saturated rings. The third kappa shape index (κ3) is 3.69. The van der Waals surface area contributed by atoms with Gasteiger partial charge in [0.05, 0.1) is 11.2 Å². The predicted octanol–water partition coefficient (Wildman–Crippen LogP) is 3.35. The van der Waals surface area contributed by atoms with Gasteiger partial charge in [-0.2, -0.15) is 5.10 Å². The van der Waals surface area contributed by atoms with Crippen molar-refractivity contribution < 1.29 is 0 Å². The lowest BCUT2D eigenvalue weighted by Gasteiger charge is -2.12. The van der Waals surface area contributed by atoms with Gasteiger partial charge in [-0.15, -0.1) is 0 Å². The second-order valence-electron chi connectivity index (χ2n) is 3.19. The van der Waals surface area contributed by atoms with Crippen LogP contribution in [0.15, 0.2) is 12.4 Å². The SMILES string of the molecule is CCCC(CBr)Cn1cc(Cl)cn1. The topological polar surface area (TPSA) is 17.8 Å². The molecule has 0 saturated heterocycles. The molecular weight excluding hydrogens is 251 g/mol. The van der Waals surface area contributed by atoms with Gasteiger partial charge in [-0.05, 0) is 12.3 Å². The van der Waals surface area contributed by atoms with E-state index in [4.69, 9.17) is 11.6 Å². The molecule has 0 aliphatic rings. The Bertz CT molecular complexity index is 250. The van der Waals surface area contributed by atoms with Crippen molar-refractivity contribution in [1.29, 1.82) is 0 Å². The fraction of sp³-hybridized carbons (Fsp3) is 0.667. The summed E-state index contributed by atoms with van der Waals surface area (Å²) in [5.74, 6) is 0.654. The van der Waals surface area contributed by atoms with Crippen molar-refractivity contribution in [3.8, 4) is 0 Å². The van der Waals surface area contributed by atoms with Crippen molar-refractivity contribution in [2.45, 2.75) is 26.3 Å². The summed E-state index contributed by atoms with van der Waals surface area (Å²) >= 11 is 9.28. The summed E-state index contributed by atoms with van der Waals surface area (Å²) < 4.78 is 1.91. The Balaban J connectivity index is 2.46. The summed E-state index contributed by atoms with van der Waals surface area (Å²) in [4.78, 5) is 0. The number of nitrogens with zero attached hydrogens (tertiary/aromatic N) is 2. The third-order valence-corrected chi connectivity index (χ3v) is 3.07. The van der Waals surface area contributed by atoms with E-state index in [0.717, 1.165) is 11.9 Å². The first-order valence-corrected chi connectivity index (χ1v) is 6.00. The first kappa shape index (κ1) is 11.1. The molecule has 0 bridgehead atoms. The van der Waals surface area contributed by atoms with Gasteiger partial charge in [0.25, 0.3) is 0 Å². The average Bonchev–Trinajstić information content (AvgIpc) is 2.50. The fourth-order valence-electron chi connectivity index (χ4n) is 1.33. The van der Waals surface area contributed by atoms with Gasteiger partial charge in [0.15, 0.2) is 0 Å². The maximum Gasteiger partial charge on any atom is 0.0785 e. The zero-order chi connectivity index (χ0) is 9.68. The van der Waals surface area contributed by atoms with Gasteiger partial charge < -0.3 is 0 Å². The lowest BCUT2D eigenvalue weighted by atomic mass is 10.1. The summed E-state index contributed by atoms with van der Waals surface area (Å²) in [5.41, 5.74) is 0. The first-order valence-electron chi connectivity index (χ1n) is 4.50. The van der Waals surface area contributed by atoms with Crippen LogP contribution in [0.25, 0.3) is 0 Å². The molecule has 0 amide bonds. The van der Waals surface area contributed by atoms with Crippen molar-refractivity contribution in [1.82, 2.24) is 9.78 Å². The Labute approximate surface area is 92.4 Å². The van der Waals surface area contributed by atoms with Crippen molar-refractivity contribution in [3.05, 3.63) is 17.4 Å². The van der Waals surface area contributed by atoms with E-state index < -0.39 is 0 Å². The van der Waals surface area contributed by atoms with Crippen LogP contribution in [-0.4, -0.2) is 15.1 Å². The summed E-state index contributed by atoms with van der Waals surface area (Å²) in [7, 11) is 0. The number of alkyl halides is 1. The highest BCUT2D eigenvalue weighted by atomic mass is 79.9. The molecule has 1 rings (SSSR count). The van der Waals surface area contributed by atoms with Gasteiger partial charge in [-0.3, -0.25) is 4.68 Å². The van der Waals surface area contributed by atoms with Crippen molar-refractivity contribution in [2.24, 2.45) is 5.92 Å². The van der Waals surface area contributed by atoms with Gasteiger partial charge >= 0.3 is 0 Å².